The fourth-order valence-electron chi connectivity index (χ4n) is 2.64. The van der Waals surface area contributed by atoms with Crippen molar-refractivity contribution in [3.8, 4) is 0 Å². The van der Waals surface area contributed by atoms with Crippen molar-refractivity contribution < 1.29 is 13.6 Å². The minimum absolute atomic E-state index is 0.0853. The van der Waals surface area contributed by atoms with Gasteiger partial charge in [0, 0.05) is 4.47 Å². The molecule has 4 N–H and O–H groups in total. The number of hydrogen-bond donors (Lipinski definition) is 3. The number of halogens is 1. The van der Waals surface area contributed by atoms with Gasteiger partial charge in [-0.3, -0.25) is 0 Å². The first-order chi connectivity index (χ1) is 9.91. The Bertz CT molecular complexity index is 640. The maximum absolute atomic E-state index is 12.6. The normalized spacial score (nSPS) is 19.4. The van der Waals surface area contributed by atoms with E-state index in [-0.39, 0.29) is 10.7 Å². The molecule has 0 unspecified atom stereocenters. The molecule has 21 heavy (non-hydrogen) atoms. The van der Waals surface area contributed by atoms with E-state index in [1.54, 1.807) is 18.2 Å². The van der Waals surface area contributed by atoms with Gasteiger partial charge in [-0.05, 0) is 40.9 Å². The molecule has 0 spiro atoms. The number of amidine groups is 1. The quantitative estimate of drug-likeness (QED) is 0.324. The number of nitrogens with zero attached hydrogens (tertiary/aromatic N) is 1. The molecule has 0 heterocycles. The largest absolute Gasteiger partial charge is 0.409 e. The second-order valence-corrected chi connectivity index (χ2v) is 7.67. The SMILES string of the molecule is N/C(=N/O)C1(NS(=O)(=O)c2ccccc2Br)CCCCC1. The second-order valence-electron chi connectivity index (χ2n) is 5.16. The van der Waals surface area contributed by atoms with Crippen molar-refractivity contribution in [3.05, 3.63) is 28.7 Å². The summed E-state index contributed by atoms with van der Waals surface area (Å²) in [6, 6.07) is 6.56. The summed E-state index contributed by atoms with van der Waals surface area (Å²) in [6.45, 7) is 0. The molecule has 0 aromatic heterocycles. The Hall–Kier alpha value is -1.12. The van der Waals surface area contributed by atoms with Gasteiger partial charge in [-0.2, -0.15) is 4.72 Å². The molecule has 8 heteroatoms. The van der Waals surface area contributed by atoms with Gasteiger partial charge in [-0.25, -0.2) is 8.42 Å². The molecule has 0 aliphatic heterocycles. The van der Waals surface area contributed by atoms with Crippen LogP contribution in [-0.2, 0) is 10.0 Å². The topological polar surface area (TPSA) is 105 Å². The van der Waals surface area contributed by atoms with E-state index in [1.807, 2.05) is 0 Å². The van der Waals surface area contributed by atoms with Crippen molar-refractivity contribution >= 4 is 31.8 Å². The highest BCUT2D eigenvalue weighted by Gasteiger charge is 2.41. The fourth-order valence-corrected chi connectivity index (χ4v) is 5.08. The van der Waals surface area contributed by atoms with Crippen LogP contribution in [0.2, 0.25) is 0 Å². The lowest BCUT2D eigenvalue weighted by atomic mass is 9.82. The zero-order valence-corrected chi connectivity index (χ0v) is 13.8. The fraction of sp³-hybridized carbons (Fsp3) is 0.462. The summed E-state index contributed by atoms with van der Waals surface area (Å²) < 4.78 is 28.3. The van der Waals surface area contributed by atoms with Gasteiger partial charge < -0.3 is 10.9 Å². The van der Waals surface area contributed by atoms with E-state index >= 15 is 0 Å². The molecule has 1 aliphatic rings. The Labute approximate surface area is 132 Å². The molecule has 1 aromatic rings. The van der Waals surface area contributed by atoms with E-state index in [0.29, 0.717) is 17.3 Å². The van der Waals surface area contributed by atoms with Crippen molar-refractivity contribution in [2.45, 2.75) is 42.5 Å². The standard InChI is InChI=1S/C13H18BrN3O3S/c14-10-6-2-3-7-11(10)21(19,20)17-13(12(15)16-18)8-4-1-5-9-13/h2-3,6-7,17-18H,1,4-5,8-9H2,(H2,15,16). The summed E-state index contributed by atoms with van der Waals surface area (Å²) in [6.07, 6.45) is 3.71. The maximum Gasteiger partial charge on any atom is 0.242 e. The molecule has 0 amide bonds. The number of nitrogens with two attached hydrogens (primary N) is 1. The van der Waals surface area contributed by atoms with Crippen LogP contribution in [0.15, 0.2) is 38.8 Å². The van der Waals surface area contributed by atoms with E-state index in [1.165, 1.54) is 6.07 Å². The van der Waals surface area contributed by atoms with Crippen LogP contribution >= 0.6 is 15.9 Å². The highest BCUT2D eigenvalue weighted by Crippen LogP contribution is 2.31. The maximum atomic E-state index is 12.6. The first-order valence-corrected chi connectivity index (χ1v) is 8.95. The Morgan fingerprint density at radius 1 is 1.29 bits per heavy atom. The van der Waals surface area contributed by atoms with Gasteiger partial charge >= 0.3 is 0 Å². The van der Waals surface area contributed by atoms with Crippen LogP contribution in [0.1, 0.15) is 32.1 Å². The van der Waals surface area contributed by atoms with Crippen LogP contribution in [0.25, 0.3) is 0 Å². The van der Waals surface area contributed by atoms with Gasteiger partial charge in [0.25, 0.3) is 0 Å². The molecule has 1 saturated carbocycles. The third kappa shape index (κ3) is 3.38. The first kappa shape index (κ1) is 16.3. The van der Waals surface area contributed by atoms with Crippen molar-refractivity contribution in [2.24, 2.45) is 10.9 Å². The first-order valence-electron chi connectivity index (χ1n) is 6.68. The van der Waals surface area contributed by atoms with Crippen molar-refractivity contribution in [1.29, 1.82) is 0 Å². The van der Waals surface area contributed by atoms with E-state index in [4.69, 9.17) is 10.9 Å². The summed E-state index contributed by atoms with van der Waals surface area (Å²) in [5.74, 6) is -0.0853. The van der Waals surface area contributed by atoms with E-state index in [0.717, 1.165) is 19.3 Å². The van der Waals surface area contributed by atoms with Crippen LogP contribution < -0.4 is 10.5 Å². The molecule has 1 aliphatic carbocycles. The molecular formula is C13H18BrN3O3S. The van der Waals surface area contributed by atoms with Crippen LogP contribution in [-0.4, -0.2) is 25.0 Å². The molecule has 1 aromatic carbocycles. The summed E-state index contributed by atoms with van der Waals surface area (Å²) in [5.41, 5.74) is 4.75. The van der Waals surface area contributed by atoms with Crippen molar-refractivity contribution in [3.63, 3.8) is 0 Å². The molecule has 116 valence electrons. The lowest BCUT2D eigenvalue weighted by Gasteiger charge is -2.36. The van der Waals surface area contributed by atoms with E-state index < -0.39 is 15.6 Å². The Morgan fingerprint density at radius 3 is 2.48 bits per heavy atom. The average molecular weight is 376 g/mol. The van der Waals surface area contributed by atoms with Crippen molar-refractivity contribution in [1.82, 2.24) is 4.72 Å². The minimum atomic E-state index is -3.77. The monoisotopic (exact) mass is 375 g/mol. The van der Waals surface area contributed by atoms with Crippen LogP contribution in [0.4, 0.5) is 0 Å². The van der Waals surface area contributed by atoms with Gasteiger partial charge in [-0.15, -0.1) is 0 Å². The third-order valence-electron chi connectivity index (χ3n) is 3.76. The van der Waals surface area contributed by atoms with Crippen molar-refractivity contribution in [2.75, 3.05) is 0 Å². The highest BCUT2D eigenvalue weighted by atomic mass is 79.9. The Balaban J connectivity index is 2.39. The molecule has 0 radical (unpaired) electrons. The zero-order chi connectivity index (χ0) is 15.5. The summed E-state index contributed by atoms with van der Waals surface area (Å²) in [5, 5.41) is 12.0. The van der Waals surface area contributed by atoms with Gasteiger partial charge in [0.05, 0.1) is 10.4 Å². The van der Waals surface area contributed by atoms with Gasteiger partial charge in [0.1, 0.15) is 0 Å². The predicted octanol–water partition coefficient (Wildman–Crippen LogP) is 2.18. The number of rotatable bonds is 4. The zero-order valence-electron chi connectivity index (χ0n) is 11.4. The minimum Gasteiger partial charge on any atom is -0.409 e. The van der Waals surface area contributed by atoms with Gasteiger partial charge in [0.15, 0.2) is 5.84 Å². The average Bonchev–Trinajstić information content (AvgIpc) is 2.47. The van der Waals surface area contributed by atoms with Crippen LogP contribution in [0.3, 0.4) is 0 Å². The van der Waals surface area contributed by atoms with E-state index in [9.17, 15) is 8.42 Å². The summed E-state index contributed by atoms with van der Waals surface area (Å²) in [4.78, 5) is 0.140. The smallest absolute Gasteiger partial charge is 0.242 e. The molecule has 2 rings (SSSR count). The molecule has 0 bridgehead atoms. The highest BCUT2D eigenvalue weighted by molar-refractivity contribution is 9.10. The molecule has 0 atom stereocenters. The number of benzene rings is 1. The van der Waals surface area contributed by atoms with Crippen LogP contribution in [0, 0.1) is 0 Å². The number of hydrogen-bond acceptors (Lipinski definition) is 4. The second kappa shape index (κ2) is 6.33. The van der Waals surface area contributed by atoms with Gasteiger partial charge in [-0.1, -0.05) is 36.6 Å². The Morgan fingerprint density at radius 2 is 1.90 bits per heavy atom. The molecule has 0 saturated heterocycles. The molecule has 1 fully saturated rings. The summed E-state index contributed by atoms with van der Waals surface area (Å²) >= 11 is 3.24. The van der Waals surface area contributed by atoms with Gasteiger partial charge in [0.2, 0.25) is 10.0 Å². The third-order valence-corrected chi connectivity index (χ3v) is 6.31. The van der Waals surface area contributed by atoms with E-state index in [2.05, 4.69) is 25.8 Å². The van der Waals surface area contributed by atoms with Crippen LogP contribution in [0.5, 0.6) is 0 Å². The number of sulfonamides is 1. The molecular weight excluding hydrogens is 358 g/mol. The number of oxime groups is 1. The lowest BCUT2D eigenvalue weighted by Crippen LogP contribution is -2.58. The Kier molecular flexibility index (Phi) is 4.90. The number of nitrogens with one attached hydrogen (secondary N) is 1. The lowest BCUT2D eigenvalue weighted by molar-refractivity contribution is 0.294. The summed E-state index contributed by atoms with van der Waals surface area (Å²) in [7, 11) is -3.77. The molecule has 6 nitrogen and oxygen atoms in total. The predicted molar refractivity (Wildman–Crippen MR) is 83.7 cm³/mol.